The topological polar surface area (TPSA) is 119 Å². The molecule has 2 fully saturated rings. The summed E-state index contributed by atoms with van der Waals surface area (Å²) in [6, 6.07) is 3.53. The van der Waals surface area contributed by atoms with E-state index < -0.39 is 35.4 Å². The highest BCUT2D eigenvalue weighted by molar-refractivity contribution is 9.10. The summed E-state index contributed by atoms with van der Waals surface area (Å²) in [5, 5.41) is 2.87. The van der Waals surface area contributed by atoms with Crippen LogP contribution in [0.1, 0.15) is 24.0 Å². The van der Waals surface area contributed by atoms with E-state index in [1.54, 1.807) is 0 Å². The molecule has 0 bridgehead atoms. The molecule has 6 rings (SSSR count). The first-order valence-corrected chi connectivity index (χ1v) is 12.8. The zero-order valence-corrected chi connectivity index (χ0v) is 21.8. The van der Waals surface area contributed by atoms with Gasteiger partial charge in [0.25, 0.3) is 0 Å². The first-order chi connectivity index (χ1) is 18.4. The molecule has 1 saturated heterocycles. The zero-order chi connectivity index (χ0) is 27.8. The molecule has 1 aliphatic carbocycles. The van der Waals surface area contributed by atoms with Crippen molar-refractivity contribution in [3.8, 4) is 0 Å². The van der Waals surface area contributed by atoms with Crippen LogP contribution in [0, 0.1) is 18.7 Å². The Hall–Kier alpha value is -3.81. The van der Waals surface area contributed by atoms with E-state index in [9.17, 15) is 27.2 Å². The molecule has 14 heteroatoms. The van der Waals surface area contributed by atoms with Crippen molar-refractivity contribution < 1.29 is 27.2 Å². The fourth-order valence-electron chi connectivity index (χ4n) is 5.58. The Morgan fingerprint density at radius 2 is 1.97 bits per heavy atom. The molecule has 1 unspecified atom stereocenters. The van der Waals surface area contributed by atoms with E-state index in [0.717, 1.165) is 24.6 Å². The molecule has 2 aliphatic rings. The predicted molar refractivity (Wildman–Crippen MR) is 137 cm³/mol. The highest BCUT2D eigenvalue weighted by Crippen LogP contribution is 2.48. The normalized spacial score (nSPS) is 20.5. The van der Waals surface area contributed by atoms with Crippen molar-refractivity contribution in [1.82, 2.24) is 24.4 Å². The molecule has 0 radical (unpaired) electrons. The standard InChI is InChI=1S/C25H20BrF4N7O2/c1-10-4-12(25(28,29)30)7-13-19-21(31)32-9-33-23(19)36(20(10)13)8-18(38)37-15-5-11(15)6-16(37)24(39)35-22-14(27)2-3-17(26)34-22/h2-4,7,9,11,15-16H,5-6,8H2,1H3,(H2,31,32,33)(H,34,35,39)/t11-,15?,16+/m1/s1. The number of aryl methyl sites for hydroxylation is 1. The smallest absolute Gasteiger partial charge is 0.383 e. The maximum Gasteiger partial charge on any atom is 0.416 e. The second kappa shape index (κ2) is 8.86. The number of carbonyl (C=O) groups excluding carboxylic acids is 2. The van der Waals surface area contributed by atoms with Gasteiger partial charge in [0.15, 0.2) is 11.6 Å². The summed E-state index contributed by atoms with van der Waals surface area (Å²) in [4.78, 5) is 40.5. The van der Waals surface area contributed by atoms with Crippen molar-refractivity contribution >= 4 is 61.3 Å². The number of amides is 2. The Kier molecular flexibility index (Phi) is 5.79. The van der Waals surface area contributed by atoms with Gasteiger partial charge in [-0.25, -0.2) is 19.3 Å². The van der Waals surface area contributed by atoms with Crippen molar-refractivity contribution in [3.63, 3.8) is 0 Å². The zero-order valence-electron chi connectivity index (χ0n) is 20.3. The summed E-state index contributed by atoms with van der Waals surface area (Å²) in [5.74, 6) is -1.84. The molecule has 1 saturated carbocycles. The van der Waals surface area contributed by atoms with E-state index in [1.807, 2.05) is 0 Å². The fraction of sp³-hybridized carbons (Fsp3) is 0.320. The Balaban J connectivity index is 1.37. The number of benzene rings is 1. The molecule has 3 N–H and O–H groups in total. The predicted octanol–water partition coefficient (Wildman–Crippen LogP) is 4.42. The van der Waals surface area contributed by atoms with Gasteiger partial charge in [-0.3, -0.25) is 9.59 Å². The molecular weight excluding hydrogens is 586 g/mol. The highest BCUT2D eigenvalue weighted by Gasteiger charge is 2.56. The first kappa shape index (κ1) is 25.5. The Bertz CT molecular complexity index is 1690. The number of hydrogen-bond acceptors (Lipinski definition) is 6. The van der Waals surface area contributed by atoms with Crippen molar-refractivity contribution in [3.05, 3.63) is 52.1 Å². The number of piperidine rings is 1. The molecule has 3 aromatic heterocycles. The minimum atomic E-state index is -4.59. The lowest BCUT2D eigenvalue weighted by Crippen LogP contribution is -2.46. The number of fused-ring (bicyclic) bond motifs is 4. The average molecular weight is 606 g/mol. The third-order valence-electron chi connectivity index (χ3n) is 7.32. The van der Waals surface area contributed by atoms with Crippen LogP contribution >= 0.6 is 15.9 Å². The van der Waals surface area contributed by atoms with Gasteiger partial charge in [0.1, 0.15) is 35.0 Å². The second-order valence-corrected chi connectivity index (χ2v) is 10.6. The van der Waals surface area contributed by atoms with Crippen LogP contribution in [0.15, 0.2) is 35.2 Å². The maximum absolute atomic E-state index is 14.2. The lowest BCUT2D eigenvalue weighted by Gasteiger charge is -2.27. The second-order valence-electron chi connectivity index (χ2n) is 9.80. The van der Waals surface area contributed by atoms with Gasteiger partial charge < -0.3 is 20.5 Å². The Morgan fingerprint density at radius 3 is 2.72 bits per heavy atom. The molecule has 2 amide bonds. The number of rotatable bonds is 4. The van der Waals surface area contributed by atoms with E-state index in [2.05, 4.69) is 36.2 Å². The number of alkyl halides is 3. The van der Waals surface area contributed by atoms with E-state index in [0.29, 0.717) is 16.5 Å². The lowest BCUT2D eigenvalue weighted by atomic mass is 10.1. The van der Waals surface area contributed by atoms with Gasteiger partial charge in [0.05, 0.1) is 16.5 Å². The Morgan fingerprint density at radius 1 is 1.21 bits per heavy atom. The minimum absolute atomic E-state index is 0.0147. The van der Waals surface area contributed by atoms with Crippen molar-refractivity contribution in [2.24, 2.45) is 5.92 Å². The molecule has 202 valence electrons. The van der Waals surface area contributed by atoms with Gasteiger partial charge in [-0.2, -0.15) is 13.2 Å². The first-order valence-electron chi connectivity index (χ1n) is 12.0. The van der Waals surface area contributed by atoms with Crippen LogP contribution in [0.25, 0.3) is 21.9 Å². The number of nitrogens with zero attached hydrogens (tertiary/aromatic N) is 5. The SMILES string of the molecule is Cc1cc(C(F)(F)F)cc2c3c(N)ncnc3n(CC(=O)N3C4C[C@@H]4C[C@H]3C(=O)Nc3nc(Br)ccc3F)c12. The van der Waals surface area contributed by atoms with Gasteiger partial charge in [0, 0.05) is 11.4 Å². The molecule has 1 aromatic carbocycles. The van der Waals surface area contributed by atoms with Gasteiger partial charge in [0.2, 0.25) is 11.8 Å². The van der Waals surface area contributed by atoms with Crippen molar-refractivity contribution in [2.45, 2.75) is 44.6 Å². The molecule has 4 aromatic rings. The number of pyridine rings is 1. The number of aromatic nitrogens is 4. The van der Waals surface area contributed by atoms with Crippen LogP contribution in [-0.4, -0.2) is 48.3 Å². The molecule has 9 nitrogen and oxygen atoms in total. The highest BCUT2D eigenvalue weighted by atomic mass is 79.9. The van der Waals surface area contributed by atoms with Crippen LogP contribution < -0.4 is 11.1 Å². The minimum Gasteiger partial charge on any atom is -0.383 e. The largest absolute Gasteiger partial charge is 0.416 e. The fourth-order valence-corrected chi connectivity index (χ4v) is 5.89. The summed E-state index contributed by atoms with van der Waals surface area (Å²) in [6.07, 6.45) is -2.27. The average Bonchev–Trinajstić information content (AvgIpc) is 3.40. The quantitative estimate of drug-likeness (QED) is 0.263. The van der Waals surface area contributed by atoms with Crippen LogP contribution in [0.4, 0.5) is 29.2 Å². The van der Waals surface area contributed by atoms with Gasteiger partial charge in [-0.1, -0.05) is 0 Å². The number of nitrogens with two attached hydrogens (primary N) is 1. The Labute approximate surface area is 226 Å². The van der Waals surface area contributed by atoms with Gasteiger partial charge in [-0.05, 0) is 71.4 Å². The van der Waals surface area contributed by atoms with Crippen LogP contribution in [-0.2, 0) is 22.3 Å². The van der Waals surface area contributed by atoms with Crippen molar-refractivity contribution in [1.29, 1.82) is 0 Å². The van der Waals surface area contributed by atoms with E-state index in [4.69, 9.17) is 5.73 Å². The molecule has 4 heterocycles. The van der Waals surface area contributed by atoms with E-state index >= 15 is 0 Å². The summed E-state index contributed by atoms with van der Waals surface area (Å²) < 4.78 is 56.8. The third kappa shape index (κ3) is 4.26. The molecule has 39 heavy (non-hydrogen) atoms. The number of anilines is 2. The maximum atomic E-state index is 14.2. The number of carbonyl (C=O) groups is 2. The van der Waals surface area contributed by atoms with Crippen LogP contribution in [0.3, 0.4) is 0 Å². The lowest BCUT2D eigenvalue weighted by molar-refractivity contribution is -0.138. The van der Waals surface area contributed by atoms with Gasteiger partial charge >= 0.3 is 6.18 Å². The molecule has 0 spiro atoms. The van der Waals surface area contributed by atoms with E-state index in [1.165, 1.54) is 28.8 Å². The molecule has 1 aliphatic heterocycles. The summed E-state index contributed by atoms with van der Waals surface area (Å²) in [7, 11) is 0. The number of likely N-dealkylation sites (tertiary alicyclic amines) is 1. The van der Waals surface area contributed by atoms with Gasteiger partial charge in [-0.15, -0.1) is 0 Å². The third-order valence-corrected chi connectivity index (χ3v) is 7.76. The number of halogens is 5. The molecule has 3 atom stereocenters. The number of nitrogens with one attached hydrogen (secondary N) is 1. The molecular formula is C25H20BrF4N7O2. The van der Waals surface area contributed by atoms with E-state index in [-0.39, 0.29) is 52.1 Å². The number of nitrogen functional groups attached to an aromatic ring is 1. The summed E-state index contributed by atoms with van der Waals surface area (Å²) in [5.41, 5.74) is 6.05. The van der Waals surface area contributed by atoms with Crippen LogP contribution in [0.2, 0.25) is 0 Å². The number of hydrogen-bond donors (Lipinski definition) is 2. The monoisotopic (exact) mass is 605 g/mol. The summed E-state index contributed by atoms with van der Waals surface area (Å²) >= 11 is 3.14. The van der Waals surface area contributed by atoms with Crippen molar-refractivity contribution in [2.75, 3.05) is 11.1 Å². The van der Waals surface area contributed by atoms with Crippen LogP contribution in [0.5, 0.6) is 0 Å². The summed E-state index contributed by atoms with van der Waals surface area (Å²) in [6.45, 7) is 1.22.